The van der Waals surface area contributed by atoms with Gasteiger partial charge in [-0.2, -0.15) is 0 Å². The van der Waals surface area contributed by atoms with Crippen LogP contribution in [0.3, 0.4) is 0 Å². The van der Waals surface area contributed by atoms with E-state index in [1.807, 2.05) is 12.4 Å². The van der Waals surface area contributed by atoms with Crippen molar-refractivity contribution in [3.8, 4) is 0 Å². The number of hydrogen-bond donors (Lipinski definition) is 1. The molecule has 1 aliphatic rings. The Balaban J connectivity index is 2.10. The predicted molar refractivity (Wildman–Crippen MR) is 75.5 cm³/mol. The van der Waals surface area contributed by atoms with Crippen LogP contribution < -0.4 is 5.32 Å². The van der Waals surface area contributed by atoms with Gasteiger partial charge in [-0.25, -0.2) is 0 Å². The zero-order chi connectivity index (χ0) is 13.2. The lowest BCUT2D eigenvalue weighted by Crippen LogP contribution is -2.56. The van der Waals surface area contributed by atoms with Gasteiger partial charge in [0.05, 0.1) is 0 Å². The van der Waals surface area contributed by atoms with Crippen LogP contribution in [-0.2, 0) is 6.54 Å². The molecule has 0 aliphatic carbocycles. The highest BCUT2D eigenvalue weighted by Crippen LogP contribution is 2.26. The van der Waals surface area contributed by atoms with Gasteiger partial charge in [0.1, 0.15) is 0 Å². The van der Waals surface area contributed by atoms with Gasteiger partial charge in [0.15, 0.2) is 0 Å². The molecule has 2 heterocycles. The van der Waals surface area contributed by atoms with Crippen molar-refractivity contribution in [1.82, 2.24) is 15.2 Å². The lowest BCUT2D eigenvalue weighted by molar-refractivity contribution is 0.0688. The molecule has 1 aliphatic heterocycles. The van der Waals surface area contributed by atoms with E-state index in [9.17, 15) is 0 Å². The molecule has 1 aromatic heterocycles. The zero-order valence-electron chi connectivity index (χ0n) is 12.0. The maximum absolute atomic E-state index is 4.29. The number of aryl methyl sites for hydroxylation is 1. The number of piperazine rings is 1. The van der Waals surface area contributed by atoms with Crippen LogP contribution >= 0.6 is 0 Å². The molecular weight excluding hydrogens is 222 g/mol. The van der Waals surface area contributed by atoms with E-state index in [2.05, 4.69) is 49.0 Å². The molecule has 1 atom stereocenters. The third-order valence-corrected chi connectivity index (χ3v) is 3.67. The summed E-state index contributed by atoms with van der Waals surface area (Å²) in [6, 6.07) is 2.83. The summed E-state index contributed by atoms with van der Waals surface area (Å²) in [6.07, 6.45) is 3.91. The van der Waals surface area contributed by atoms with Gasteiger partial charge in [0.2, 0.25) is 0 Å². The van der Waals surface area contributed by atoms with Crippen molar-refractivity contribution in [1.29, 1.82) is 0 Å². The van der Waals surface area contributed by atoms with Crippen LogP contribution in [0.4, 0.5) is 0 Å². The molecule has 0 aromatic carbocycles. The second kappa shape index (κ2) is 5.37. The first-order valence-electron chi connectivity index (χ1n) is 6.82. The van der Waals surface area contributed by atoms with E-state index >= 15 is 0 Å². The Morgan fingerprint density at radius 3 is 2.83 bits per heavy atom. The highest BCUT2D eigenvalue weighted by Gasteiger charge is 2.32. The van der Waals surface area contributed by atoms with Crippen molar-refractivity contribution in [3.05, 3.63) is 29.6 Å². The smallest absolute Gasteiger partial charge is 0.0313 e. The molecule has 3 nitrogen and oxygen atoms in total. The number of hydrogen-bond acceptors (Lipinski definition) is 3. The Hall–Kier alpha value is -0.930. The summed E-state index contributed by atoms with van der Waals surface area (Å²) >= 11 is 0. The largest absolute Gasteiger partial charge is 0.314 e. The summed E-state index contributed by atoms with van der Waals surface area (Å²) in [4.78, 5) is 6.88. The van der Waals surface area contributed by atoms with Gasteiger partial charge in [0, 0.05) is 44.6 Å². The Kier molecular flexibility index (Phi) is 4.03. The van der Waals surface area contributed by atoms with Crippen molar-refractivity contribution < 1.29 is 0 Å². The second-order valence-corrected chi connectivity index (χ2v) is 6.43. The van der Waals surface area contributed by atoms with Crippen LogP contribution in [0.5, 0.6) is 0 Å². The van der Waals surface area contributed by atoms with Gasteiger partial charge >= 0.3 is 0 Å². The Labute approximate surface area is 111 Å². The van der Waals surface area contributed by atoms with Crippen molar-refractivity contribution in [3.63, 3.8) is 0 Å². The topological polar surface area (TPSA) is 28.2 Å². The van der Waals surface area contributed by atoms with Crippen LogP contribution in [0.2, 0.25) is 0 Å². The highest BCUT2D eigenvalue weighted by atomic mass is 15.2. The molecule has 1 fully saturated rings. The lowest BCUT2D eigenvalue weighted by Gasteiger charge is -2.43. The van der Waals surface area contributed by atoms with Gasteiger partial charge in [-0.1, -0.05) is 26.8 Å². The first-order chi connectivity index (χ1) is 8.47. The average Bonchev–Trinajstić information content (AvgIpc) is 2.28. The molecule has 1 N–H and O–H groups in total. The lowest BCUT2D eigenvalue weighted by atomic mass is 9.84. The second-order valence-electron chi connectivity index (χ2n) is 6.43. The summed E-state index contributed by atoms with van der Waals surface area (Å²) in [5.74, 6) is 0. The summed E-state index contributed by atoms with van der Waals surface area (Å²) in [5, 5.41) is 3.51. The minimum absolute atomic E-state index is 0.310. The van der Waals surface area contributed by atoms with E-state index in [0.29, 0.717) is 11.5 Å². The third-order valence-electron chi connectivity index (χ3n) is 3.67. The molecular formula is C15H25N3. The molecule has 2 rings (SSSR count). The van der Waals surface area contributed by atoms with Crippen molar-refractivity contribution in [2.45, 2.75) is 40.3 Å². The van der Waals surface area contributed by atoms with E-state index in [1.54, 1.807) is 0 Å². The standard InChI is InChI=1S/C15H25N3/c1-12-7-13(9-17-8-12)11-18-6-5-16-10-14(18)15(2,3)4/h7-9,14,16H,5-6,10-11H2,1-4H3. The molecule has 0 radical (unpaired) electrons. The minimum atomic E-state index is 0.310. The Morgan fingerprint density at radius 2 is 2.17 bits per heavy atom. The third kappa shape index (κ3) is 3.30. The molecule has 18 heavy (non-hydrogen) atoms. The molecule has 1 saturated heterocycles. The molecule has 3 heteroatoms. The number of pyridine rings is 1. The molecule has 1 unspecified atom stereocenters. The summed E-state index contributed by atoms with van der Waals surface area (Å²) in [7, 11) is 0. The van der Waals surface area contributed by atoms with Gasteiger partial charge in [0.25, 0.3) is 0 Å². The van der Waals surface area contributed by atoms with E-state index < -0.39 is 0 Å². The molecule has 0 spiro atoms. The average molecular weight is 247 g/mol. The van der Waals surface area contributed by atoms with Crippen molar-refractivity contribution in [2.24, 2.45) is 5.41 Å². The highest BCUT2D eigenvalue weighted by molar-refractivity contribution is 5.16. The van der Waals surface area contributed by atoms with Crippen molar-refractivity contribution >= 4 is 0 Å². The van der Waals surface area contributed by atoms with Crippen LogP contribution in [0, 0.1) is 12.3 Å². The first-order valence-corrected chi connectivity index (χ1v) is 6.82. The number of nitrogens with zero attached hydrogens (tertiary/aromatic N) is 2. The van der Waals surface area contributed by atoms with Crippen LogP contribution in [0.15, 0.2) is 18.5 Å². The predicted octanol–water partition coefficient (Wildman–Crippen LogP) is 2.21. The maximum atomic E-state index is 4.29. The summed E-state index contributed by atoms with van der Waals surface area (Å²) in [6.45, 7) is 13.4. The van der Waals surface area contributed by atoms with Crippen molar-refractivity contribution in [2.75, 3.05) is 19.6 Å². The molecule has 1 aromatic rings. The number of nitrogens with one attached hydrogen (secondary N) is 1. The van der Waals surface area contributed by atoms with E-state index in [0.717, 1.165) is 26.2 Å². The monoisotopic (exact) mass is 247 g/mol. The number of aromatic nitrogens is 1. The van der Waals surface area contributed by atoms with Gasteiger partial charge in [-0.3, -0.25) is 9.88 Å². The quantitative estimate of drug-likeness (QED) is 0.868. The van der Waals surface area contributed by atoms with E-state index in [4.69, 9.17) is 0 Å². The minimum Gasteiger partial charge on any atom is -0.314 e. The van der Waals surface area contributed by atoms with Gasteiger partial charge < -0.3 is 5.32 Å². The van der Waals surface area contributed by atoms with Crippen LogP contribution in [0.25, 0.3) is 0 Å². The van der Waals surface area contributed by atoms with Crippen LogP contribution in [0.1, 0.15) is 31.9 Å². The summed E-state index contributed by atoms with van der Waals surface area (Å²) in [5.41, 5.74) is 2.88. The fourth-order valence-corrected chi connectivity index (χ4v) is 2.73. The Bertz CT molecular complexity index is 395. The van der Waals surface area contributed by atoms with E-state index in [-0.39, 0.29) is 0 Å². The summed E-state index contributed by atoms with van der Waals surface area (Å²) < 4.78 is 0. The maximum Gasteiger partial charge on any atom is 0.0313 e. The fourth-order valence-electron chi connectivity index (χ4n) is 2.73. The van der Waals surface area contributed by atoms with Crippen LogP contribution in [-0.4, -0.2) is 35.6 Å². The van der Waals surface area contributed by atoms with E-state index in [1.165, 1.54) is 11.1 Å². The molecule has 0 amide bonds. The first kappa shape index (κ1) is 13.5. The molecule has 100 valence electrons. The molecule has 0 bridgehead atoms. The number of rotatable bonds is 2. The normalized spacial score (nSPS) is 22.1. The fraction of sp³-hybridized carbons (Fsp3) is 0.667. The zero-order valence-corrected chi connectivity index (χ0v) is 12.0. The molecule has 0 saturated carbocycles. The van der Waals surface area contributed by atoms with Gasteiger partial charge in [-0.05, 0) is 23.5 Å². The van der Waals surface area contributed by atoms with Gasteiger partial charge in [-0.15, -0.1) is 0 Å². The SMILES string of the molecule is Cc1cncc(CN2CCNCC2C(C)(C)C)c1. The Morgan fingerprint density at radius 1 is 1.39 bits per heavy atom.